The molecule has 5 nitrogen and oxygen atoms in total. The van der Waals surface area contributed by atoms with Gasteiger partial charge in [0.1, 0.15) is 11.4 Å². The molecule has 2 rings (SSSR count). The second-order valence-electron chi connectivity index (χ2n) is 4.24. The number of aryl methyl sites for hydroxylation is 1. The number of nitrogens with zero attached hydrogens (tertiary/aromatic N) is 2. The number of carboxylic acid groups (broad SMARTS) is 1. The van der Waals surface area contributed by atoms with E-state index < -0.39 is 11.5 Å². The first-order valence-corrected chi connectivity index (χ1v) is 7.30. The number of aromatic nitrogens is 2. The molecule has 0 radical (unpaired) electrons. The molecule has 1 saturated carbocycles. The van der Waals surface area contributed by atoms with Crippen LogP contribution in [0.25, 0.3) is 0 Å². The van der Waals surface area contributed by atoms with Crippen molar-refractivity contribution in [2.24, 2.45) is 11.7 Å². The Kier molecular flexibility index (Phi) is 3.70. The van der Waals surface area contributed by atoms with E-state index in [-0.39, 0.29) is 5.92 Å². The first-order valence-electron chi connectivity index (χ1n) is 5.54. The fraction of sp³-hybridized carbons (Fsp3) is 0.700. The molecular formula is C10H15N3O2S2. The van der Waals surface area contributed by atoms with Gasteiger partial charge < -0.3 is 10.8 Å². The van der Waals surface area contributed by atoms with Gasteiger partial charge >= 0.3 is 5.97 Å². The molecule has 1 heterocycles. The zero-order valence-electron chi connectivity index (χ0n) is 9.55. The third-order valence-corrected chi connectivity index (χ3v) is 4.99. The van der Waals surface area contributed by atoms with Gasteiger partial charge in [0.05, 0.1) is 0 Å². The molecule has 0 aromatic carbocycles. The summed E-state index contributed by atoms with van der Waals surface area (Å²) in [6, 6.07) is 0. The van der Waals surface area contributed by atoms with Gasteiger partial charge in [0.15, 0.2) is 4.34 Å². The molecule has 1 unspecified atom stereocenters. The van der Waals surface area contributed by atoms with E-state index in [1.807, 2.05) is 6.92 Å². The van der Waals surface area contributed by atoms with Crippen molar-refractivity contribution in [3.05, 3.63) is 5.82 Å². The summed E-state index contributed by atoms with van der Waals surface area (Å²) in [5.74, 6) is 0.381. The molecule has 7 heteroatoms. The number of carbonyl (C=O) groups is 1. The van der Waals surface area contributed by atoms with Crippen LogP contribution in [0.3, 0.4) is 0 Å². The predicted octanol–water partition coefficient (Wildman–Crippen LogP) is 1.38. The molecule has 1 atom stereocenters. The third-order valence-electron chi connectivity index (χ3n) is 2.90. The van der Waals surface area contributed by atoms with Crippen molar-refractivity contribution in [2.45, 2.75) is 36.1 Å². The minimum atomic E-state index is -1.11. The number of rotatable bonds is 6. The van der Waals surface area contributed by atoms with Crippen LogP contribution in [0.1, 0.15) is 25.6 Å². The average Bonchev–Trinajstić information content (AvgIpc) is 3.06. The molecule has 1 aromatic rings. The Morgan fingerprint density at radius 1 is 1.71 bits per heavy atom. The largest absolute Gasteiger partial charge is 0.480 e. The normalized spacial score (nSPS) is 18.9. The lowest BCUT2D eigenvalue weighted by molar-refractivity contribution is -0.143. The Labute approximate surface area is 108 Å². The van der Waals surface area contributed by atoms with Gasteiger partial charge in [-0.2, -0.15) is 4.37 Å². The maximum atomic E-state index is 11.2. The van der Waals surface area contributed by atoms with Crippen molar-refractivity contribution >= 4 is 29.3 Å². The summed E-state index contributed by atoms with van der Waals surface area (Å²) >= 11 is 2.71. The van der Waals surface area contributed by atoms with Gasteiger partial charge in [-0.15, -0.1) is 0 Å². The quantitative estimate of drug-likeness (QED) is 0.761. The first kappa shape index (κ1) is 12.8. The van der Waals surface area contributed by atoms with E-state index in [2.05, 4.69) is 9.36 Å². The number of carboxylic acids is 1. The summed E-state index contributed by atoms with van der Waals surface area (Å²) in [5.41, 5.74) is 4.86. The summed E-state index contributed by atoms with van der Waals surface area (Å²) in [4.78, 5) is 15.5. The summed E-state index contributed by atoms with van der Waals surface area (Å²) in [5, 5.41) is 9.20. The first-order chi connectivity index (χ1) is 8.06. The topological polar surface area (TPSA) is 89.1 Å². The predicted molar refractivity (Wildman–Crippen MR) is 67.3 cm³/mol. The summed E-state index contributed by atoms with van der Waals surface area (Å²) in [6.45, 7) is 1.99. The van der Waals surface area contributed by atoms with E-state index in [4.69, 9.17) is 5.73 Å². The SMILES string of the molecule is CCc1nsc(SCC(N)(C(=O)O)C2CC2)n1. The number of aliphatic carboxylic acids is 1. The van der Waals surface area contributed by atoms with Crippen molar-refractivity contribution in [2.75, 3.05) is 5.75 Å². The Balaban J connectivity index is 1.97. The highest BCUT2D eigenvalue weighted by molar-refractivity contribution is 8.01. The molecule has 0 spiro atoms. The number of hydrogen-bond acceptors (Lipinski definition) is 6. The highest BCUT2D eigenvalue weighted by atomic mass is 32.2. The Hall–Kier alpha value is -0.660. The minimum Gasteiger partial charge on any atom is -0.480 e. The van der Waals surface area contributed by atoms with Crippen molar-refractivity contribution < 1.29 is 9.90 Å². The van der Waals surface area contributed by atoms with Crippen molar-refractivity contribution in [3.63, 3.8) is 0 Å². The zero-order valence-corrected chi connectivity index (χ0v) is 11.2. The van der Waals surface area contributed by atoms with E-state index >= 15 is 0 Å². The van der Waals surface area contributed by atoms with Crippen LogP contribution in [0.15, 0.2) is 4.34 Å². The second-order valence-corrected chi connectivity index (χ2v) is 6.21. The average molecular weight is 273 g/mol. The van der Waals surface area contributed by atoms with Crippen LogP contribution >= 0.6 is 23.3 Å². The maximum absolute atomic E-state index is 11.2. The van der Waals surface area contributed by atoms with Gasteiger partial charge in [0, 0.05) is 12.2 Å². The number of hydrogen-bond donors (Lipinski definition) is 2. The fourth-order valence-corrected chi connectivity index (χ4v) is 3.46. The standard InChI is InChI=1S/C10H15N3O2S2/c1-2-7-12-9(17-13-7)16-5-10(11,8(14)15)6-3-4-6/h6H,2-5,11H2,1H3,(H,14,15). The summed E-state index contributed by atoms with van der Waals surface area (Å²) < 4.78 is 4.97. The molecule has 1 aliphatic carbocycles. The van der Waals surface area contributed by atoms with Gasteiger partial charge in [-0.25, -0.2) is 4.98 Å². The fourth-order valence-electron chi connectivity index (χ4n) is 1.57. The van der Waals surface area contributed by atoms with E-state index in [1.165, 1.54) is 23.3 Å². The zero-order chi connectivity index (χ0) is 12.5. The highest BCUT2D eigenvalue weighted by Gasteiger charge is 2.48. The number of thioether (sulfide) groups is 1. The van der Waals surface area contributed by atoms with Crippen molar-refractivity contribution in [1.82, 2.24) is 9.36 Å². The van der Waals surface area contributed by atoms with Crippen molar-refractivity contribution in [3.8, 4) is 0 Å². The highest BCUT2D eigenvalue weighted by Crippen LogP contribution is 2.41. The van der Waals surface area contributed by atoms with Gasteiger partial charge in [-0.05, 0) is 30.3 Å². The Morgan fingerprint density at radius 2 is 2.41 bits per heavy atom. The Bertz CT molecular complexity index is 419. The van der Waals surface area contributed by atoms with E-state index in [0.29, 0.717) is 5.75 Å². The molecule has 1 fully saturated rings. The molecule has 1 aromatic heterocycles. The lowest BCUT2D eigenvalue weighted by atomic mass is 9.98. The van der Waals surface area contributed by atoms with Crippen LogP contribution in [0.2, 0.25) is 0 Å². The molecular weight excluding hydrogens is 258 g/mol. The monoisotopic (exact) mass is 273 g/mol. The summed E-state index contributed by atoms with van der Waals surface area (Å²) in [7, 11) is 0. The second kappa shape index (κ2) is 4.91. The van der Waals surface area contributed by atoms with Gasteiger partial charge in [0.2, 0.25) is 0 Å². The number of nitrogens with two attached hydrogens (primary N) is 1. The third kappa shape index (κ3) is 2.78. The van der Waals surface area contributed by atoms with Crippen LogP contribution in [-0.2, 0) is 11.2 Å². The smallest absolute Gasteiger partial charge is 0.324 e. The van der Waals surface area contributed by atoms with Crippen LogP contribution in [0, 0.1) is 5.92 Å². The van der Waals surface area contributed by atoms with Gasteiger partial charge in [0.25, 0.3) is 0 Å². The molecule has 94 valence electrons. The van der Waals surface area contributed by atoms with Crippen LogP contribution < -0.4 is 5.73 Å². The van der Waals surface area contributed by atoms with E-state index in [1.54, 1.807) is 0 Å². The van der Waals surface area contributed by atoms with Crippen LogP contribution in [0.4, 0.5) is 0 Å². The minimum absolute atomic E-state index is 0.117. The van der Waals surface area contributed by atoms with E-state index in [9.17, 15) is 9.90 Å². The molecule has 0 saturated heterocycles. The van der Waals surface area contributed by atoms with Gasteiger partial charge in [-0.1, -0.05) is 18.7 Å². The summed E-state index contributed by atoms with van der Waals surface area (Å²) in [6.07, 6.45) is 2.63. The molecule has 0 bridgehead atoms. The molecule has 0 aliphatic heterocycles. The maximum Gasteiger partial charge on any atom is 0.324 e. The van der Waals surface area contributed by atoms with Crippen LogP contribution in [0.5, 0.6) is 0 Å². The lowest BCUT2D eigenvalue weighted by Gasteiger charge is -2.23. The molecule has 0 amide bonds. The molecule has 3 N–H and O–H groups in total. The Morgan fingerprint density at radius 3 is 2.88 bits per heavy atom. The van der Waals surface area contributed by atoms with Crippen molar-refractivity contribution in [1.29, 1.82) is 0 Å². The van der Waals surface area contributed by atoms with Crippen LogP contribution in [-0.4, -0.2) is 31.7 Å². The van der Waals surface area contributed by atoms with Gasteiger partial charge in [-0.3, -0.25) is 4.79 Å². The molecule has 1 aliphatic rings. The lowest BCUT2D eigenvalue weighted by Crippen LogP contribution is -2.52. The van der Waals surface area contributed by atoms with E-state index in [0.717, 1.165) is 29.4 Å². The molecule has 17 heavy (non-hydrogen) atoms.